The molecule has 0 saturated carbocycles. The highest BCUT2D eigenvalue weighted by atomic mass is 32.2. The number of phenolic OH excluding ortho intramolecular Hbond substituents is 1. The number of carbonyl (C=O) groups is 3. The van der Waals surface area contributed by atoms with E-state index in [-0.39, 0.29) is 22.1 Å². The molecule has 0 spiro atoms. The maximum absolute atomic E-state index is 13.6. The molecule has 0 bridgehead atoms. The summed E-state index contributed by atoms with van der Waals surface area (Å²) in [7, 11) is 0. The second-order valence-corrected chi connectivity index (χ2v) is 8.95. The van der Waals surface area contributed by atoms with Crippen LogP contribution in [-0.2, 0) is 14.4 Å². The van der Waals surface area contributed by atoms with Crippen LogP contribution in [0, 0.1) is 5.92 Å². The summed E-state index contributed by atoms with van der Waals surface area (Å²) in [5.74, 6) is -2.06. The highest BCUT2D eigenvalue weighted by Crippen LogP contribution is 2.55. The van der Waals surface area contributed by atoms with Gasteiger partial charge in [-0.15, -0.1) is 0 Å². The molecule has 4 heterocycles. The highest BCUT2D eigenvalue weighted by Gasteiger charge is 2.58. The Morgan fingerprint density at radius 1 is 0.969 bits per heavy atom. The van der Waals surface area contributed by atoms with Crippen molar-refractivity contribution in [3.63, 3.8) is 0 Å². The second kappa shape index (κ2) is 6.67. The fraction of sp³-hybridized carbons (Fsp3) is 0.227. The zero-order valence-electron chi connectivity index (χ0n) is 16.4. The van der Waals surface area contributed by atoms with Crippen molar-refractivity contribution in [2.75, 3.05) is 18.1 Å². The third-order valence-electron chi connectivity index (χ3n) is 6.02. The van der Waals surface area contributed by atoms with Crippen LogP contribution in [0.1, 0.15) is 11.5 Å². The lowest BCUT2D eigenvalue weighted by atomic mass is 9.77. The standard InChI is InChI=1S/C22H16N2O7S/c23-19-17-15(11-3-2-10(25)8-13(11)31-22(17)28)16-18(32-19)21(27)24(20(16)26)9-1-4-12-14(7-9)30-6-5-29-12/h1-4,7-8,15-16,18,25H,5-6,23H2/t15-,16-,18-/m0/s1. The van der Waals surface area contributed by atoms with Crippen molar-refractivity contribution < 1.29 is 33.7 Å². The molecule has 162 valence electrons. The number of carbonyl (C=O) groups excluding carboxylic acids is 3. The van der Waals surface area contributed by atoms with Crippen molar-refractivity contribution in [2.24, 2.45) is 11.7 Å². The summed E-state index contributed by atoms with van der Waals surface area (Å²) in [6.07, 6.45) is 0. The molecular formula is C22H16N2O7S. The minimum absolute atomic E-state index is 0.0783. The Balaban J connectivity index is 1.46. The van der Waals surface area contributed by atoms with Gasteiger partial charge in [-0.3, -0.25) is 9.59 Å². The van der Waals surface area contributed by atoms with Crippen LogP contribution in [0.3, 0.4) is 0 Å². The molecule has 0 aromatic heterocycles. The van der Waals surface area contributed by atoms with Crippen LogP contribution in [-0.4, -0.2) is 41.4 Å². The van der Waals surface area contributed by atoms with Crippen molar-refractivity contribution in [1.82, 2.24) is 0 Å². The zero-order valence-corrected chi connectivity index (χ0v) is 17.3. The number of aromatic hydroxyl groups is 1. The molecule has 0 aliphatic carbocycles. The van der Waals surface area contributed by atoms with Crippen LogP contribution in [0.5, 0.6) is 23.0 Å². The third kappa shape index (κ3) is 2.56. The number of thioether (sulfide) groups is 1. The number of phenols is 1. The highest BCUT2D eigenvalue weighted by molar-refractivity contribution is 8.04. The molecule has 6 rings (SSSR count). The number of rotatable bonds is 1. The number of amides is 2. The molecule has 2 amide bonds. The van der Waals surface area contributed by atoms with Gasteiger partial charge in [0.25, 0.3) is 0 Å². The lowest BCUT2D eigenvalue weighted by Gasteiger charge is -2.36. The Labute approximate surface area is 185 Å². The summed E-state index contributed by atoms with van der Waals surface area (Å²) < 4.78 is 16.5. The number of nitrogens with zero attached hydrogens (tertiary/aromatic N) is 1. The van der Waals surface area contributed by atoms with Gasteiger partial charge in [0.1, 0.15) is 30.0 Å². The Morgan fingerprint density at radius 2 is 1.75 bits per heavy atom. The van der Waals surface area contributed by atoms with Gasteiger partial charge in [0, 0.05) is 23.6 Å². The normalized spacial score (nSPS) is 25.8. The summed E-state index contributed by atoms with van der Waals surface area (Å²) in [4.78, 5) is 40.8. The summed E-state index contributed by atoms with van der Waals surface area (Å²) in [6.45, 7) is 0.798. The number of nitrogens with two attached hydrogens (primary N) is 1. The maximum Gasteiger partial charge on any atom is 0.342 e. The number of hydrogen-bond donors (Lipinski definition) is 2. The lowest BCUT2D eigenvalue weighted by molar-refractivity contribution is -0.131. The molecule has 4 aliphatic rings. The average Bonchev–Trinajstić information content (AvgIpc) is 3.02. The first-order valence-electron chi connectivity index (χ1n) is 9.93. The van der Waals surface area contributed by atoms with Gasteiger partial charge in [-0.25, -0.2) is 9.69 Å². The van der Waals surface area contributed by atoms with Gasteiger partial charge in [-0.1, -0.05) is 17.8 Å². The Bertz CT molecular complexity index is 1260. The van der Waals surface area contributed by atoms with Crippen LogP contribution >= 0.6 is 11.8 Å². The maximum atomic E-state index is 13.6. The van der Waals surface area contributed by atoms with Crippen molar-refractivity contribution in [3.8, 4) is 23.0 Å². The number of imide groups is 1. The van der Waals surface area contributed by atoms with Gasteiger partial charge in [-0.2, -0.15) is 0 Å². The van der Waals surface area contributed by atoms with E-state index in [1.165, 1.54) is 12.1 Å². The fourth-order valence-corrected chi connectivity index (χ4v) is 5.90. The van der Waals surface area contributed by atoms with E-state index < -0.39 is 34.9 Å². The Morgan fingerprint density at radius 3 is 2.56 bits per heavy atom. The molecule has 0 unspecified atom stereocenters. The number of fused-ring (bicyclic) bond motifs is 6. The van der Waals surface area contributed by atoms with Gasteiger partial charge in [0.05, 0.1) is 22.2 Å². The van der Waals surface area contributed by atoms with E-state index in [0.717, 1.165) is 16.7 Å². The van der Waals surface area contributed by atoms with E-state index in [1.54, 1.807) is 24.3 Å². The van der Waals surface area contributed by atoms with Crippen LogP contribution in [0.4, 0.5) is 5.69 Å². The molecule has 3 N–H and O–H groups in total. The van der Waals surface area contributed by atoms with Crippen LogP contribution in [0.15, 0.2) is 47.0 Å². The summed E-state index contributed by atoms with van der Waals surface area (Å²) in [5.41, 5.74) is 7.24. The van der Waals surface area contributed by atoms with Gasteiger partial charge in [0.2, 0.25) is 11.8 Å². The number of esters is 1. The number of benzene rings is 2. The molecule has 10 heteroatoms. The van der Waals surface area contributed by atoms with Gasteiger partial charge in [-0.05, 0) is 18.2 Å². The molecule has 32 heavy (non-hydrogen) atoms. The summed E-state index contributed by atoms with van der Waals surface area (Å²) in [5, 5.41) is 9.17. The largest absolute Gasteiger partial charge is 0.508 e. The van der Waals surface area contributed by atoms with Gasteiger partial charge < -0.3 is 25.1 Å². The van der Waals surface area contributed by atoms with E-state index in [4.69, 9.17) is 19.9 Å². The molecule has 1 fully saturated rings. The Kier molecular flexibility index (Phi) is 3.97. The molecule has 4 aliphatic heterocycles. The topological polar surface area (TPSA) is 128 Å². The van der Waals surface area contributed by atoms with Crippen LogP contribution in [0.25, 0.3) is 0 Å². The lowest BCUT2D eigenvalue weighted by Crippen LogP contribution is -2.39. The SMILES string of the molecule is NC1=C2C(=O)Oc3cc(O)ccc3[C@H]2[C@@H]2C(=O)N(c3ccc4c(c3)OCCO4)C(=O)[C@H]2S1. The first-order chi connectivity index (χ1) is 15.4. The second-order valence-electron chi connectivity index (χ2n) is 7.77. The van der Waals surface area contributed by atoms with Crippen molar-refractivity contribution >= 4 is 35.2 Å². The summed E-state index contributed by atoms with van der Waals surface area (Å²) in [6, 6.07) is 9.24. The molecule has 1 saturated heterocycles. The van der Waals surface area contributed by atoms with E-state index in [1.807, 2.05) is 0 Å². The first kappa shape index (κ1) is 19.1. The monoisotopic (exact) mass is 452 g/mol. The molecule has 3 atom stereocenters. The number of anilines is 1. The molecule has 2 aromatic carbocycles. The average molecular weight is 452 g/mol. The van der Waals surface area contributed by atoms with E-state index in [2.05, 4.69) is 0 Å². The predicted octanol–water partition coefficient (Wildman–Crippen LogP) is 1.64. The fourth-order valence-electron chi connectivity index (χ4n) is 4.67. The summed E-state index contributed by atoms with van der Waals surface area (Å²) >= 11 is 1.00. The van der Waals surface area contributed by atoms with Crippen molar-refractivity contribution in [3.05, 3.63) is 52.6 Å². The first-order valence-corrected chi connectivity index (χ1v) is 10.8. The minimum Gasteiger partial charge on any atom is -0.508 e. The van der Waals surface area contributed by atoms with Gasteiger partial charge in [0.15, 0.2) is 11.5 Å². The van der Waals surface area contributed by atoms with Crippen molar-refractivity contribution in [2.45, 2.75) is 11.2 Å². The van der Waals surface area contributed by atoms with E-state index in [0.29, 0.717) is 36.0 Å². The zero-order chi connectivity index (χ0) is 22.1. The van der Waals surface area contributed by atoms with E-state index in [9.17, 15) is 19.5 Å². The van der Waals surface area contributed by atoms with Crippen molar-refractivity contribution in [1.29, 1.82) is 0 Å². The predicted molar refractivity (Wildman–Crippen MR) is 112 cm³/mol. The smallest absolute Gasteiger partial charge is 0.342 e. The molecule has 9 nitrogen and oxygen atoms in total. The molecular weight excluding hydrogens is 436 g/mol. The minimum atomic E-state index is -0.848. The van der Waals surface area contributed by atoms with Gasteiger partial charge >= 0.3 is 5.97 Å². The quantitative estimate of drug-likeness (QED) is 0.377. The molecule has 0 radical (unpaired) electrons. The van der Waals surface area contributed by atoms with E-state index >= 15 is 0 Å². The Hall–Kier alpha value is -3.66. The number of hydrogen-bond acceptors (Lipinski definition) is 9. The van der Waals surface area contributed by atoms with Crippen LogP contribution in [0.2, 0.25) is 0 Å². The third-order valence-corrected chi connectivity index (χ3v) is 7.25. The van der Waals surface area contributed by atoms with Crippen LogP contribution < -0.4 is 24.8 Å². The number of ether oxygens (including phenoxy) is 3. The molecule has 2 aromatic rings.